The average Bonchev–Trinajstić information content (AvgIpc) is 2.12. The van der Waals surface area contributed by atoms with Crippen molar-refractivity contribution in [2.45, 2.75) is 19.3 Å². The second kappa shape index (κ2) is 4.60. The third-order valence-electron chi connectivity index (χ3n) is 2.04. The minimum absolute atomic E-state index is 0.0436. The van der Waals surface area contributed by atoms with Gasteiger partial charge in [0.2, 0.25) is 0 Å². The molecule has 1 N–H and O–H groups in total. The average molecular weight is 195 g/mol. The second-order valence-corrected chi connectivity index (χ2v) is 3.20. The molecule has 0 atom stereocenters. The molecule has 1 aromatic rings. The summed E-state index contributed by atoms with van der Waals surface area (Å²) in [7, 11) is 1.68. The number of aromatic nitrogens is 1. The van der Waals surface area contributed by atoms with E-state index in [1.165, 1.54) is 4.57 Å². The molecule has 0 radical (unpaired) electrons. The van der Waals surface area contributed by atoms with Gasteiger partial charge in [0.05, 0.1) is 0 Å². The monoisotopic (exact) mass is 195 g/mol. The van der Waals surface area contributed by atoms with Crippen molar-refractivity contribution in [3.8, 4) is 0 Å². The Morgan fingerprint density at radius 2 is 2.29 bits per heavy atom. The molecule has 0 bridgehead atoms. The van der Waals surface area contributed by atoms with Crippen molar-refractivity contribution in [1.29, 1.82) is 0 Å². The molecule has 0 fully saturated rings. The van der Waals surface area contributed by atoms with Crippen LogP contribution in [0.1, 0.15) is 18.4 Å². The van der Waals surface area contributed by atoms with Crippen molar-refractivity contribution in [3.63, 3.8) is 0 Å². The van der Waals surface area contributed by atoms with Crippen LogP contribution in [0.15, 0.2) is 23.1 Å². The van der Waals surface area contributed by atoms with Crippen molar-refractivity contribution in [1.82, 2.24) is 4.57 Å². The van der Waals surface area contributed by atoms with E-state index in [-0.39, 0.29) is 12.0 Å². The lowest BCUT2D eigenvalue weighted by Gasteiger charge is -2.01. The fraction of sp³-hybridized carbons (Fsp3) is 0.400. The first-order valence-corrected chi connectivity index (χ1v) is 4.47. The van der Waals surface area contributed by atoms with Crippen LogP contribution >= 0.6 is 0 Å². The van der Waals surface area contributed by atoms with E-state index in [9.17, 15) is 9.59 Å². The molecule has 0 aliphatic carbocycles. The summed E-state index contributed by atoms with van der Waals surface area (Å²) in [6, 6.07) is 3.53. The van der Waals surface area contributed by atoms with Gasteiger partial charge in [0.1, 0.15) is 0 Å². The van der Waals surface area contributed by atoms with Crippen LogP contribution in [0.2, 0.25) is 0 Å². The molecule has 0 saturated heterocycles. The first kappa shape index (κ1) is 10.5. The van der Waals surface area contributed by atoms with Crippen LogP contribution in [0.25, 0.3) is 0 Å². The summed E-state index contributed by atoms with van der Waals surface area (Å²) >= 11 is 0. The predicted octanol–water partition coefficient (Wildman–Crippen LogP) is 0.793. The Hall–Kier alpha value is -1.58. The van der Waals surface area contributed by atoms with Gasteiger partial charge in [-0.2, -0.15) is 0 Å². The molecule has 0 spiro atoms. The van der Waals surface area contributed by atoms with Gasteiger partial charge in [0, 0.05) is 25.2 Å². The summed E-state index contributed by atoms with van der Waals surface area (Å²) in [6.07, 6.45) is 2.83. The highest BCUT2D eigenvalue weighted by Crippen LogP contribution is 1.99. The third-order valence-corrected chi connectivity index (χ3v) is 2.04. The number of rotatable bonds is 4. The van der Waals surface area contributed by atoms with Crippen LogP contribution in [0.4, 0.5) is 0 Å². The normalized spacial score (nSPS) is 10.1. The first-order chi connectivity index (χ1) is 6.61. The van der Waals surface area contributed by atoms with Gasteiger partial charge >= 0.3 is 5.97 Å². The second-order valence-electron chi connectivity index (χ2n) is 3.20. The Morgan fingerprint density at radius 3 is 2.93 bits per heavy atom. The smallest absolute Gasteiger partial charge is 0.303 e. The van der Waals surface area contributed by atoms with Gasteiger partial charge in [-0.3, -0.25) is 9.59 Å². The third kappa shape index (κ3) is 2.73. The van der Waals surface area contributed by atoms with Gasteiger partial charge < -0.3 is 9.67 Å². The number of nitrogens with zero attached hydrogens (tertiary/aromatic N) is 1. The fourth-order valence-corrected chi connectivity index (χ4v) is 1.27. The summed E-state index contributed by atoms with van der Waals surface area (Å²) in [5.41, 5.74) is 0.633. The summed E-state index contributed by atoms with van der Waals surface area (Å²) in [5, 5.41) is 8.43. The lowest BCUT2D eigenvalue weighted by Crippen LogP contribution is -2.19. The van der Waals surface area contributed by atoms with E-state index in [1.54, 1.807) is 25.4 Å². The Kier molecular flexibility index (Phi) is 3.45. The number of hydrogen-bond acceptors (Lipinski definition) is 2. The molecule has 14 heavy (non-hydrogen) atoms. The minimum atomic E-state index is -0.822. The molecule has 76 valence electrons. The van der Waals surface area contributed by atoms with Crippen molar-refractivity contribution in [3.05, 3.63) is 34.2 Å². The van der Waals surface area contributed by atoms with Gasteiger partial charge in [-0.15, -0.1) is 0 Å². The SMILES string of the molecule is Cn1cccc(CCCC(=O)O)c1=O. The maximum atomic E-state index is 11.5. The molecule has 4 heteroatoms. The number of carboxylic acid groups (broad SMARTS) is 1. The molecule has 4 nitrogen and oxygen atoms in total. The molecule has 0 aliphatic rings. The molecular formula is C10H13NO3. The summed E-state index contributed by atoms with van der Waals surface area (Å²) < 4.78 is 1.50. The summed E-state index contributed by atoms with van der Waals surface area (Å²) in [5.74, 6) is -0.822. The lowest BCUT2D eigenvalue weighted by atomic mass is 10.1. The fourth-order valence-electron chi connectivity index (χ4n) is 1.27. The molecule has 0 unspecified atom stereocenters. The zero-order valence-electron chi connectivity index (χ0n) is 8.06. The summed E-state index contributed by atoms with van der Waals surface area (Å²) in [4.78, 5) is 21.7. The maximum Gasteiger partial charge on any atom is 0.303 e. The van der Waals surface area contributed by atoms with Crippen LogP contribution < -0.4 is 5.56 Å². The van der Waals surface area contributed by atoms with E-state index in [0.717, 1.165) is 0 Å². The van der Waals surface area contributed by atoms with Crippen molar-refractivity contribution in [2.24, 2.45) is 7.05 Å². The van der Waals surface area contributed by atoms with Crippen LogP contribution in [0, 0.1) is 0 Å². The van der Waals surface area contributed by atoms with Gasteiger partial charge in [0.25, 0.3) is 5.56 Å². The van der Waals surface area contributed by atoms with Crippen LogP contribution in [-0.4, -0.2) is 15.6 Å². The molecule has 1 rings (SSSR count). The quantitative estimate of drug-likeness (QED) is 0.772. The number of hydrogen-bond donors (Lipinski definition) is 1. The highest BCUT2D eigenvalue weighted by Gasteiger charge is 2.02. The Balaban J connectivity index is 2.64. The Bertz CT molecular complexity index is 381. The van der Waals surface area contributed by atoms with Crippen molar-refractivity contribution in [2.75, 3.05) is 0 Å². The number of carboxylic acids is 1. The van der Waals surface area contributed by atoms with Gasteiger partial charge in [-0.25, -0.2) is 0 Å². The van der Waals surface area contributed by atoms with Gasteiger partial charge in [0.15, 0.2) is 0 Å². The number of pyridine rings is 1. The standard InChI is InChI=1S/C10H13NO3/c1-11-7-3-5-8(10(11)14)4-2-6-9(12)13/h3,5,7H,2,4,6H2,1H3,(H,12,13). The van der Waals surface area contributed by atoms with Crippen molar-refractivity contribution < 1.29 is 9.90 Å². The number of aliphatic carboxylic acids is 1. The van der Waals surface area contributed by atoms with E-state index in [0.29, 0.717) is 18.4 Å². The Morgan fingerprint density at radius 1 is 1.57 bits per heavy atom. The zero-order chi connectivity index (χ0) is 10.6. The van der Waals surface area contributed by atoms with Crippen molar-refractivity contribution >= 4 is 5.97 Å². The first-order valence-electron chi connectivity index (χ1n) is 4.47. The van der Waals surface area contributed by atoms with E-state index in [4.69, 9.17) is 5.11 Å². The number of aryl methyl sites for hydroxylation is 2. The van der Waals surface area contributed by atoms with E-state index >= 15 is 0 Å². The topological polar surface area (TPSA) is 59.3 Å². The molecule has 0 aliphatic heterocycles. The highest BCUT2D eigenvalue weighted by atomic mass is 16.4. The molecule has 1 aromatic heterocycles. The lowest BCUT2D eigenvalue weighted by molar-refractivity contribution is -0.137. The van der Waals surface area contributed by atoms with Crippen LogP contribution in [-0.2, 0) is 18.3 Å². The number of carbonyl (C=O) groups is 1. The van der Waals surface area contributed by atoms with Gasteiger partial charge in [-0.1, -0.05) is 6.07 Å². The van der Waals surface area contributed by atoms with E-state index in [1.807, 2.05) is 0 Å². The largest absolute Gasteiger partial charge is 0.481 e. The van der Waals surface area contributed by atoms with Gasteiger partial charge in [-0.05, 0) is 18.9 Å². The van der Waals surface area contributed by atoms with E-state index in [2.05, 4.69) is 0 Å². The molecule has 0 aromatic carbocycles. The maximum absolute atomic E-state index is 11.5. The predicted molar refractivity (Wildman–Crippen MR) is 52.3 cm³/mol. The zero-order valence-corrected chi connectivity index (χ0v) is 8.06. The molecule has 0 amide bonds. The molecular weight excluding hydrogens is 182 g/mol. The molecule has 0 saturated carbocycles. The molecule has 1 heterocycles. The van der Waals surface area contributed by atoms with Crippen LogP contribution in [0.3, 0.4) is 0 Å². The van der Waals surface area contributed by atoms with E-state index < -0.39 is 5.97 Å². The van der Waals surface area contributed by atoms with Crippen LogP contribution in [0.5, 0.6) is 0 Å². The Labute approximate surface area is 81.8 Å². The highest BCUT2D eigenvalue weighted by molar-refractivity contribution is 5.66. The summed E-state index contributed by atoms with van der Waals surface area (Å²) in [6.45, 7) is 0. The minimum Gasteiger partial charge on any atom is -0.481 e.